The van der Waals surface area contributed by atoms with E-state index in [9.17, 15) is 0 Å². The SMILES string of the molecule is COc1ccc(CNc2ccc(Cl)c(Cl)c2)cc1C. The number of nitrogens with one attached hydrogen (secondary N) is 1. The average molecular weight is 296 g/mol. The van der Waals surface area contributed by atoms with Crippen molar-refractivity contribution >= 4 is 28.9 Å². The lowest BCUT2D eigenvalue weighted by Gasteiger charge is -2.10. The molecule has 0 aromatic heterocycles. The molecule has 0 unspecified atom stereocenters. The molecule has 0 aliphatic rings. The van der Waals surface area contributed by atoms with E-state index in [2.05, 4.69) is 11.4 Å². The third-order valence-electron chi connectivity index (χ3n) is 2.88. The minimum Gasteiger partial charge on any atom is -0.496 e. The third-order valence-corrected chi connectivity index (χ3v) is 3.61. The minimum absolute atomic E-state index is 0.553. The molecule has 0 fully saturated rings. The molecule has 1 N–H and O–H groups in total. The Bertz CT molecular complexity index is 584. The van der Waals surface area contributed by atoms with Crippen molar-refractivity contribution in [2.24, 2.45) is 0 Å². The van der Waals surface area contributed by atoms with E-state index >= 15 is 0 Å². The van der Waals surface area contributed by atoms with Crippen LogP contribution in [0.2, 0.25) is 10.0 Å². The first-order valence-corrected chi connectivity index (χ1v) is 6.68. The molecule has 0 bridgehead atoms. The fourth-order valence-electron chi connectivity index (χ4n) is 1.86. The first-order chi connectivity index (χ1) is 9.10. The van der Waals surface area contributed by atoms with E-state index in [1.165, 1.54) is 5.56 Å². The molecule has 2 aromatic carbocycles. The van der Waals surface area contributed by atoms with Crippen molar-refractivity contribution in [1.82, 2.24) is 0 Å². The van der Waals surface area contributed by atoms with Crippen molar-refractivity contribution in [2.45, 2.75) is 13.5 Å². The largest absolute Gasteiger partial charge is 0.496 e. The second-order valence-electron chi connectivity index (χ2n) is 4.29. The van der Waals surface area contributed by atoms with Crippen LogP contribution in [-0.4, -0.2) is 7.11 Å². The maximum absolute atomic E-state index is 5.97. The highest BCUT2D eigenvalue weighted by Crippen LogP contribution is 2.25. The number of hydrogen-bond donors (Lipinski definition) is 1. The van der Waals surface area contributed by atoms with E-state index < -0.39 is 0 Å². The summed E-state index contributed by atoms with van der Waals surface area (Å²) in [5.41, 5.74) is 3.25. The van der Waals surface area contributed by atoms with E-state index in [-0.39, 0.29) is 0 Å². The molecule has 0 amide bonds. The van der Waals surface area contributed by atoms with Crippen LogP contribution >= 0.6 is 23.2 Å². The van der Waals surface area contributed by atoms with Crippen LogP contribution < -0.4 is 10.1 Å². The van der Waals surface area contributed by atoms with Gasteiger partial charge in [0.25, 0.3) is 0 Å². The highest BCUT2D eigenvalue weighted by molar-refractivity contribution is 6.42. The van der Waals surface area contributed by atoms with E-state index in [1.54, 1.807) is 13.2 Å². The molecule has 0 aliphatic carbocycles. The lowest BCUT2D eigenvalue weighted by molar-refractivity contribution is 0.411. The van der Waals surface area contributed by atoms with Gasteiger partial charge in [-0.05, 0) is 42.3 Å². The van der Waals surface area contributed by atoms with Crippen molar-refractivity contribution in [2.75, 3.05) is 12.4 Å². The molecule has 0 saturated carbocycles. The van der Waals surface area contributed by atoms with Gasteiger partial charge in [0.15, 0.2) is 0 Å². The predicted molar refractivity (Wildman–Crippen MR) is 81.5 cm³/mol. The number of hydrogen-bond acceptors (Lipinski definition) is 2. The maximum atomic E-state index is 5.97. The maximum Gasteiger partial charge on any atom is 0.121 e. The Morgan fingerprint density at radius 2 is 1.84 bits per heavy atom. The van der Waals surface area contributed by atoms with Gasteiger partial charge >= 0.3 is 0 Å². The van der Waals surface area contributed by atoms with Crippen molar-refractivity contribution in [3.63, 3.8) is 0 Å². The van der Waals surface area contributed by atoms with E-state index in [0.29, 0.717) is 10.0 Å². The second kappa shape index (κ2) is 6.18. The van der Waals surface area contributed by atoms with Crippen LogP contribution in [-0.2, 0) is 6.54 Å². The van der Waals surface area contributed by atoms with Crippen molar-refractivity contribution < 1.29 is 4.74 Å². The van der Waals surface area contributed by atoms with Crippen LogP contribution in [0.25, 0.3) is 0 Å². The summed E-state index contributed by atoms with van der Waals surface area (Å²) in [6.07, 6.45) is 0. The van der Waals surface area contributed by atoms with E-state index in [0.717, 1.165) is 23.5 Å². The minimum atomic E-state index is 0.553. The number of benzene rings is 2. The third kappa shape index (κ3) is 3.55. The van der Waals surface area contributed by atoms with Gasteiger partial charge in [-0.1, -0.05) is 35.3 Å². The van der Waals surface area contributed by atoms with Crippen LogP contribution in [0.4, 0.5) is 5.69 Å². The Hall–Kier alpha value is -1.38. The molecule has 100 valence electrons. The Morgan fingerprint density at radius 3 is 2.47 bits per heavy atom. The Kier molecular flexibility index (Phi) is 4.56. The van der Waals surface area contributed by atoms with Crippen molar-refractivity contribution in [3.8, 4) is 5.75 Å². The van der Waals surface area contributed by atoms with Gasteiger partial charge in [-0.2, -0.15) is 0 Å². The van der Waals surface area contributed by atoms with Crippen LogP contribution in [0.1, 0.15) is 11.1 Å². The fourth-order valence-corrected chi connectivity index (χ4v) is 2.16. The van der Waals surface area contributed by atoms with Crippen LogP contribution in [0.5, 0.6) is 5.75 Å². The number of ether oxygens (including phenoxy) is 1. The summed E-state index contributed by atoms with van der Waals surface area (Å²) in [7, 11) is 1.68. The number of halogens is 2. The molecule has 0 heterocycles. The molecule has 2 aromatic rings. The summed E-state index contributed by atoms with van der Waals surface area (Å²) < 4.78 is 5.24. The molecule has 4 heteroatoms. The first-order valence-electron chi connectivity index (χ1n) is 5.92. The van der Waals surface area contributed by atoms with Gasteiger partial charge in [0.1, 0.15) is 5.75 Å². The molecule has 0 saturated heterocycles. The molecular formula is C15H15Cl2NO. The zero-order chi connectivity index (χ0) is 13.8. The summed E-state index contributed by atoms with van der Waals surface area (Å²) in [4.78, 5) is 0. The summed E-state index contributed by atoms with van der Waals surface area (Å²) in [5.74, 6) is 0.901. The van der Waals surface area contributed by atoms with Crippen molar-refractivity contribution in [3.05, 3.63) is 57.6 Å². The summed E-state index contributed by atoms with van der Waals surface area (Å²) >= 11 is 11.9. The smallest absolute Gasteiger partial charge is 0.121 e. The molecule has 0 aliphatic heterocycles. The molecular weight excluding hydrogens is 281 g/mol. The molecule has 0 spiro atoms. The van der Waals surface area contributed by atoms with Crippen LogP contribution in [0.15, 0.2) is 36.4 Å². The average Bonchev–Trinajstić information content (AvgIpc) is 2.40. The van der Waals surface area contributed by atoms with Gasteiger partial charge in [0.05, 0.1) is 17.2 Å². The van der Waals surface area contributed by atoms with E-state index in [4.69, 9.17) is 27.9 Å². The summed E-state index contributed by atoms with van der Waals surface area (Å²) in [6.45, 7) is 2.75. The Morgan fingerprint density at radius 1 is 1.05 bits per heavy atom. The van der Waals surface area contributed by atoms with Crippen LogP contribution in [0.3, 0.4) is 0 Å². The first kappa shape index (κ1) is 14.0. The predicted octanol–water partition coefficient (Wildman–Crippen LogP) is 4.92. The highest BCUT2D eigenvalue weighted by atomic mass is 35.5. The monoisotopic (exact) mass is 295 g/mol. The van der Waals surface area contributed by atoms with Gasteiger partial charge < -0.3 is 10.1 Å². The number of aryl methyl sites for hydroxylation is 1. The second-order valence-corrected chi connectivity index (χ2v) is 5.10. The molecule has 0 atom stereocenters. The zero-order valence-corrected chi connectivity index (χ0v) is 12.3. The Balaban J connectivity index is 2.05. The molecule has 19 heavy (non-hydrogen) atoms. The number of rotatable bonds is 4. The normalized spacial score (nSPS) is 10.3. The fraction of sp³-hybridized carbons (Fsp3) is 0.200. The van der Waals surface area contributed by atoms with Gasteiger partial charge in [-0.15, -0.1) is 0 Å². The lowest BCUT2D eigenvalue weighted by atomic mass is 10.1. The zero-order valence-electron chi connectivity index (χ0n) is 10.8. The number of anilines is 1. The number of methoxy groups -OCH3 is 1. The molecule has 0 radical (unpaired) electrons. The summed E-state index contributed by atoms with van der Waals surface area (Å²) in [6, 6.07) is 11.6. The van der Waals surface area contributed by atoms with Gasteiger partial charge in [-0.3, -0.25) is 0 Å². The van der Waals surface area contributed by atoms with Crippen molar-refractivity contribution in [1.29, 1.82) is 0 Å². The highest BCUT2D eigenvalue weighted by Gasteiger charge is 2.02. The van der Waals surface area contributed by atoms with Gasteiger partial charge in [0, 0.05) is 12.2 Å². The Labute approximate surface area is 123 Å². The topological polar surface area (TPSA) is 21.3 Å². The van der Waals surface area contributed by atoms with Gasteiger partial charge in [0.2, 0.25) is 0 Å². The lowest BCUT2D eigenvalue weighted by Crippen LogP contribution is -2.00. The summed E-state index contributed by atoms with van der Waals surface area (Å²) in [5, 5.41) is 4.43. The van der Waals surface area contributed by atoms with Crippen LogP contribution in [0, 0.1) is 6.92 Å². The standard InChI is InChI=1S/C15H15Cl2NO/c1-10-7-11(3-6-15(10)19-2)9-18-12-4-5-13(16)14(17)8-12/h3-8,18H,9H2,1-2H3. The van der Waals surface area contributed by atoms with E-state index in [1.807, 2.05) is 31.2 Å². The van der Waals surface area contributed by atoms with Gasteiger partial charge in [-0.25, -0.2) is 0 Å². The molecule has 2 rings (SSSR count). The quantitative estimate of drug-likeness (QED) is 0.864. The molecule has 2 nitrogen and oxygen atoms in total.